The second-order valence-electron chi connectivity index (χ2n) is 6.57. The molecule has 0 aliphatic rings. The van der Waals surface area contributed by atoms with Crippen LogP contribution in [0.4, 0.5) is 10.1 Å². The average Bonchev–Trinajstić information content (AvgIpc) is 3.33. The first-order chi connectivity index (χ1) is 14.6. The number of hydrogen-bond donors (Lipinski definition) is 1. The molecule has 0 unspecified atom stereocenters. The van der Waals surface area contributed by atoms with Crippen LogP contribution < -0.4 is 5.32 Å². The maximum atomic E-state index is 13.3. The number of aromatic nitrogens is 3. The Morgan fingerprint density at radius 3 is 2.90 bits per heavy atom. The van der Waals surface area contributed by atoms with Crippen LogP contribution in [0, 0.1) is 5.82 Å². The van der Waals surface area contributed by atoms with Crippen molar-refractivity contribution >= 4 is 56.4 Å². The Morgan fingerprint density at radius 1 is 1.27 bits per heavy atom. The third-order valence-electron chi connectivity index (χ3n) is 4.42. The van der Waals surface area contributed by atoms with E-state index in [1.807, 2.05) is 12.1 Å². The number of anilines is 1. The number of amides is 1. The largest absolute Gasteiger partial charge is 0.325 e. The van der Waals surface area contributed by atoms with Gasteiger partial charge in [0.1, 0.15) is 5.82 Å². The normalized spacial score (nSPS) is 11.2. The molecule has 2 aromatic heterocycles. The molecule has 0 radical (unpaired) electrons. The van der Waals surface area contributed by atoms with Crippen molar-refractivity contribution in [1.29, 1.82) is 0 Å². The number of thiophene rings is 1. The summed E-state index contributed by atoms with van der Waals surface area (Å²) in [4.78, 5) is 12.3. The lowest BCUT2D eigenvalue weighted by Crippen LogP contribution is -2.14. The highest BCUT2D eigenvalue weighted by Crippen LogP contribution is 2.34. The molecule has 0 spiro atoms. The zero-order valence-electron chi connectivity index (χ0n) is 16.1. The van der Waals surface area contributed by atoms with Crippen molar-refractivity contribution in [2.24, 2.45) is 0 Å². The lowest BCUT2D eigenvalue weighted by atomic mass is 10.1. The number of halogens is 2. The van der Waals surface area contributed by atoms with Crippen LogP contribution >= 0.6 is 34.7 Å². The molecule has 2 heterocycles. The van der Waals surface area contributed by atoms with Gasteiger partial charge in [0.15, 0.2) is 11.0 Å². The molecular weight excluding hydrogens is 443 g/mol. The minimum Gasteiger partial charge on any atom is -0.325 e. The van der Waals surface area contributed by atoms with E-state index in [9.17, 15) is 9.18 Å². The van der Waals surface area contributed by atoms with Crippen molar-refractivity contribution in [1.82, 2.24) is 14.8 Å². The summed E-state index contributed by atoms with van der Waals surface area (Å²) < 4.78 is 16.5. The number of carbonyl (C=O) groups excluding carboxylic acids is 1. The van der Waals surface area contributed by atoms with Gasteiger partial charge in [-0.2, -0.15) is 0 Å². The highest BCUT2D eigenvalue weighted by molar-refractivity contribution is 7.99. The van der Waals surface area contributed by atoms with Crippen LogP contribution in [0.3, 0.4) is 0 Å². The number of rotatable bonds is 7. The molecule has 1 amide bonds. The van der Waals surface area contributed by atoms with E-state index in [1.165, 1.54) is 34.7 Å². The maximum Gasteiger partial charge on any atom is 0.234 e. The second-order valence-corrected chi connectivity index (χ2v) is 8.83. The van der Waals surface area contributed by atoms with E-state index in [2.05, 4.69) is 44.5 Å². The number of nitrogens with zero attached hydrogens (tertiary/aromatic N) is 3. The Labute approximate surface area is 186 Å². The summed E-state index contributed by atoms with van der Waals surface area (Å²) >= 11 is 8.76. The molecule has 9 heteroatoms. The van der Waals surface area contributed by atoms with Gasteiger partial charge in [0.05, 0.1) is 10.8 Å². The summed E-state index contributed by atoms with van der Waals surface area (Å²) in [5.41, 5.74) is 1.50. The van der Waals surface area contributed by atoms with Crippen molar-refractivity contribution < 1.29 is 9.18 Å². The highest BCUT2D eigenvalue weighted by Gasteiger charge is 2.18. The molecular formula is C21H18ClFN4OS2. The fraction of sp³-hybridized carbons (Fsp3) is 0.190. The van der Waals surface area contributed by atoms with Gasteiger partial charge in [-0.15, -0.1) is 21.5 Å². The summed E-state index contributed by atoms with van der Waals surface area (Å²) in [6.45, 7) is 2.85. The molecule has 0 atom stereocenters. The van der Waals surface area contributed by atoms with Crippen LogP contribution in [0.2, 0.25) is 5.02 Å². The summed E-state index contributed by atoms with van der Waals surface area (Å²) in [5, 5.41) is 15.4. The quantitative estimate of drug-likeness (QED) is 0.339. The van der Waals surface area contributed by atoms with Crippen molar-refractivity contribution in [2.75, 3.05) is 11.1 Å². The smallest absolute Gasteiger partial charge is 0.234 e. The lowest BCUT2D eigenvalue weighted by molar-refractivity contribution is -0.113. The lowest BCUT2D eigenvalue weighted by Gasteiger charge is -2.09. The van der Waals surface area contributed by atoms with Gasteiger partial charge in [0.2, 0.25) is 5.91 Å². The molecule has 0 saturated carbocycles. The van der Waals surface area contributed by atoms with Crippen LogP contribution in [0.1, 0.15) is 13.3 Å². The Hall–Kier alpha value is -2.42. The molecule has 1 N–H and O–H groups in total. The van der Waals surface area contributed by atoms with Gasteiger partial charge < -0.3 is 9.88 Å². The van der Waals surface area contributed by atoms with E-state index in [0.29, 0.717) is 10.8 Å². The van der Waals surface area contributed by atoms with E-state index in [0.717, 1.165) is 29.7 Å². The molecule has 0 bridgehead atoms. The Kier molecular flexibility index (Phi) is 6.36. The summed E-state index contributed by atoms with van der Waals surface area (Å²) in [5.74, 6) is 0.213. The predicted molar refractivity (Wildman–Crippen MR) is 122 cm³/mol. The second kappa shape index (κ2) is 9.16. The zero-order valence-corrected chi connectivity index (χ0v) is 18.5. The van der Waals surface area contributed by atoms with Gasteiger partial charge in [-0.25, -0.2) is 4.39 Å². The summed E-state index contributed by atoms with van der Waals surface area (Å²) in [6.07, 6.45) is 0.918. The topological polar surface area (TPSA) is 59.8 Å². The third-order valence-corrected chi connectivity index (χ3v) is 6.64. The van der Waals surface area contributed by atoms with Crippen LogP contribution in [0.25, 0.3) is 21.5 Å². The minimum atomic E-state index is -0.523. The molecule has 0 aliphatic heterocycles. The molecule has 5 nitrogen and oxygen atoms in total. The SMILES string of the molecule is CCCn1c(SCC(=O)Nc2ccc(F)c(Cl)c2)nnc1-c1csc2ccccc12. The minimum absolute atomic E-state index is 0.0317. The Bertz CT molecular complexity index is 1210. The summed E-state index contributed by atoms with van der Waals surface area (Å²) in [7, 11) is 0. The molecule has 4 rings (SSSR count). The number of nitrogens with one attached hydrogen (secondary N) is 1. The molecule has 4 aromatic rings. The van der Waals surface area contributed by atoms with E-state index in [1.54, 1.807) is 11.3 Å². The fourth-order valence-electron chi connectivity index (χ4n) is 3.07. The number of benzene rings is 2. The van der Waals surface area contributed by atoms with Crippen molar-refractivity contribution in [2.45, 2.75) is 25.0 Å². The first-order valence-electron chi connectivity index (χ1n) is 9.34. The van der Waals surface area contributed by atoms with Crippen LogP contribution in [0.5, 0.6) is 0 Å². The Balaban J connectivity index is 1.52. The number of fused-ring (bicyclic) bond motifs is 1. The molecule has 0 aliphatic carbocycles. The molecule has 0 fully saturated rings. The van der Waals surface area contributed by atoms with E-state index in [4.69, 9.17) is 11.6 Å². The van der Waals surface area contributed by atoms with Crippen molar-refractivity contribution in [3.8, 4) is 11.4 Å². The van der Waals surface area contributed by atoms with Crippen LogP contribution in [0.15, 0.2) is 53.0 Å². The maximum absolute atomic E-state index is 13.3. The molecule has 2 aromatic carbocycles. The standard InChI is InChI=1S/C21H18ClFN4OS2/c1-2-9-27-20(15-11-29-18-6-4-3-5-14(15)18)25-26-21(27)30-12-19(28)24-13-7-8-17(23)16(22)10-13/h3-8,10-11H,2,9,12H2,1H3,(H,24,28). The number of thioether (sulfide) groups is 1. The van der Waals surface area contributed by atoms with E-state index < -0.39 is 5.82 Å². The van der Waals surface area contributed by atoms with Gasteiger partial charge in [-0.05, 0) is 30.7 Å². The first kappa shape index (κ1) is 20.8. The number of hydrogen-bond acceptors (Lipinski definition) is 5. The summed E-state index contributed by atoms with van der Waals surface area (Å²) in [6, 6.07) is 12.3. The van der Waals surface area contributed by atoms with Crippen molar-refractivity contribution in [3.63, 3.8) is 0 Å². The van der Waals surface area contributed by atoms with Gasteiger partial charge in [0, 0.05) is 33.3 Å². The van der Waals surface area contributed by atoms with Crippen LogP contribution in [-0.2, 0) is 11.3 Å². The van der Waals surface area contributed by atoms with Gasteiger partial charge in [0.25, 0.3) is 0 Å². The number of carbonyl (C=O) groups is 1. The highest BCUT2D eigenvalue weighted by atomic mass is 35.5. The van der Waals surface area contributed by atoms with Crippen LogP contribution in [-0.4, -0.2) is 26.4 Å². The van der Waals surface area contributed by atoms with Gasteiger partial charge in [-0.3, -0.25) is 4.79 Å². The molecule has 0 saturated heterocycles. The third kappa shape index (κ3) is 4.35. The average molecular weight is 461 g/mol. The van der Waals surface area contributed by atoms with E-state index >= 15 is 0 Å². The fourth-order valence-corrected chi connectivity index (χ4v) is 4.96. The first-order valence-corrected chi connectivity index (χ1v) is 11.6. The molecule has 154 valence electrons. The van der Waals surface area contributed by atoms with Gasteiger partial charge >= 0.3 is 0 Å². The monoisotopic (exact) mass is 460 g/mol. The zero-order chi connectivity index (χ0) is 21.1. The predicted octanol–water partition coefficient (Wildman–Crippen LogP) is 6.09. The van der Waals surface area contributed by atoms with Gasteiger partial charge in [-0.1, -0.05) is 48.5 Å². The van der Waals surface area contributed by atoms with E-state index in [-0.39, 0.29) is 16.7 Å². The molecule has 30 heavy (non-hydrogen) atoms. The Morgan fingerprint density at radius 2 is 2.10 bits per heavy atom. The van der Waals surface area contributed by atoms with Crippen molar-refractivity contribution in [3.05, 3.63) is 58.7 Å².